The third-order valence-corrected chi connectivity index (χ3v) is 5.06. The van der Waals surface area contributed by atoms with Gasteiger partial charge in [-0.05, 0) is 32.1 Å². The van der Waals surface area contributed by atoms with E-state index in [-0.39, 0.29) is 11.0 Å². The lowest BCUT2D eigenvalue weighted by atomic mass is 10.1. The van der Waals surface area contributed by atoms with E-state index in [0.29, 0.717) is 30.8 Å². The molecule has 1 saturated heterocycles. The van der Waals surface area contributed by atoms with Crippen LogP contribution in [-0.4, -0.2) is 30.9 Å². The maximum absolute atomic E-state index is 11.8. The predicted molar refractivity (Wildman–Crippen MR) is 77.6 cm³/mol. The second-order valence-corrected chi connectivity index (χ2v) is 7.54. The van der Waals surface area contributed by atoms with E-state index in [2.05, 4.69) is 5.10 Å². The molecule has 2 heterocycles. The monoisotopic (exact) mass is 320 g/mol. The van der Waals surface area contributed by atoms with Gasteiger partial charge in [-0.25, -0.2) is 8.42 Å². The minimum absolute atomic E-state index is 0.115. The first-order chi connectivity index (χ1) is 9.47. The van der Waals surface area contributed by atoms with E-state index in [1.165, 1.54) is 0 Å². The molecule has 0 spiro atoms. The van der Waals surface area contributed by atoms with Crippen LogP contribution >= 0.6 is 10.7 Å². The maximum Gasteiger partial charge on any atom is 0.264 e. The number of ether oxygens (including phenoxy) is 1. The van der Waals surface area contributed by atoms with Gasteiger partial charge in [0.1, 0.15) is 4.90 Å². The Morgan fingerprint density at radius 2 is 2.10 bits per heavy atom. The van der Waals surface area contributed by atoms with Crippen LogP contribution in [-0.2, 0) is 33.2 Å². The van der Waals surface area contributed by atoms with Gasteiger partial charge in [0, 0.05) is 17.3 Å². The van der Waals surface area contributed by atoms with Crippen LogP contribution in [0.4, 0.5) is 0 Å². The molecule has 1 unspecified atom stereocenters. The number of aromatic nitrogens is 2. The topological polar surface area (TPSA) is 61.2 Å². The van der Waals surface area contributed by atoms with Crippen molar-refractivity contribution in [2.75, 3.05) is 6.61 Å². The second-order valence-electron chi connectivity index (χ2n) is 5.04. The highest BCUT2D eigenvalue weighted by Crippen LogP contribution is 2.26. The second kappa shape index (κ2) is 6.45. The first-order valence-corrected chi connectivity index (χ1v) is 9.43. The summed E-state index contributed by atoms with van der Waals surface area (Å²) < 4.78 is 31.0. The van der Waals surface area contributed by atoms with Crippen LogP contribution in [0.25, 0.3) is 0 Å². The van der Waals surface area contributed by atoms with E-state index < -0.39 is 9.05 Å². The first kappa shape index (κ1) is 15.8. The smallest absolute Gasteiger partial charge is 0.264 e. The molecule has 2 rings (SSSR count). The molecule has 0 aromatic carbocycles. The summed E-state index contributed by atoms with van der Waals surface area (Å²) in [5.74, 6) is 0. The Kier molecular flexibility index (Phi) is 5.09. The van der Waals surface area contributed by atoms with Crippen molar-refractivity contribution in [3.8, 4) is 0 Å². The van der Waals surface area contributed by atoms with Crippen LogP contribution < -0.4 is 0 Å². The molecule has 0 N–H and O–H groups in total. The Balaban J connectivity index is 2.35. The number of halogens is 1. The average molecular weight is 321 g/mol. The fourth-order valence-corrected chi connectivity index (χ4v) is 4.22. The van der Waals surface area contributed by atoms with Crippen LogP contribution in [0.15, 0.2) is 4.90 Å². The van der Waals surface area contributed by atoms with Crippen molar-refractivity contribution in [3.05, 3.63) is 11.4 Å². The molecule has 0 amide bonds. The van der Waals surface area contributed by atoms with Crippen LogP contribution in [0.3, 0.4) is 0 Å². The molecule has 1 aliphatic rings. The molecule has 0 saturated carbocycles. The molecule has 114 valence electrons. The van der Waals surface area contributed by atoms with Crippen molar-refractivity contribution in [2.45, 2.75) is 63.5 Å². The van der Waals surface area contributed by atoms with E-state index >= 15 is 0 Å². The van der Waals surface area contributed by atoms with Gasteiger partial charge in [-0.15, -0.1) is 0 Å². The van der Waals surface area contributed by atoms with Crippen molar-refractivity contribution in [2.24, 2.45) is 0 Å². The molecule has 1 aromatic heterocycles. The largest absolute Gasteiger partial charge is 0.376 e. The minimum Gasteiger partial charge on any atom is -0.376 e. The summed E-state index contributed by atoms with van der Waals surface area (Å²) in [5.41, 5.74) is 1.23. The third-order valence-electron chi connectivity index (χ3n) is 3.64. The van der Waals surface area contributed by atoms with Gasteiger partial charge in [0.15, 0.2) is 0 Å². The summed E-state index contributed by atoms with van der Waals surface area (Å²) in [4.78, 5) is 0.194. The average Bonchev–Trinajstić information content (AvgIpc) is 2.77. The van der Waals surface area contributed by atoms with Crippen molar-refractivity contribution in [3.63, 3.8) is 0 Å². The van der Waals surface area contributed by atoms with E-state index in [0.717, 1.165) is 25.9 Å². The Morgan fingerprint density at radius 1 is 1.35 bits per heavy atom. The quantitative estimate of drug-likeness (QED) is 0.782. The lowest BCUT2D eigenvalue weighted by molar-refractivity contribution is 0.00344. The van der Waals surface area contributed by atoms with E-state index in [1.807, 2.05) is 13.8 Å². The van der Waals surface area contributed by atoms with Gasteiger partial charge in [0.25, 0.3) is 9.05 Å². The predicted octanol–water partition coefficient (Wildman–Crippen LogP) is 2.50. The highest BCUT2D eigenvalue weighted by atomic mass is 35.7. The SMILES string of the molecule is CCc1nn(CC2CCCCO2)c(CC)c1S(=O)(=O)Cl. The molecule has 1 aromatic rings. The lowest BCUT2D eigenvalue weighted by Crippen LogP contribution is -2.26. The Bertz CT molecular complexity index is 562. The van der Waals surface area contributed by atoms with Crippen LogP contribution in [0.1, 0.15) is 44.5 Å². The molecule has 5 nitrogen and oxygen atoms in total. The number of nitrogens with zero attached hydrogens (tertiary/aromatic N) is 2. The molecular formula is C13H21ClN2O3S. The zero-order chi connectivity index (χ0) is 14.8. The number of rotatable bonds is 5. The highest BCUT2D eigenvalue weighted by molar-refractivity contribution is 8.13. The molecule has 1 fully saturated rings. The fourth-order valence-electron chi connectivity index (χ4n) is 2.69. The molecule has 0 bridgehead atoms. The summed E-state index contributed by atoms with van der Waals surface area (Å²) in [7, 11) is 1.81. The summed E-state index contributed by atoms with van der Waals surface area (Å²) in [6, 6.07) is 0. The van der Waals surface area contributed by atoms with Crippen LogP contribution in [0.5, 0.6) is 0 Å². The van der Waals surface area contributed by atoms with Crippen molar-refractivity contribution >= 4 is 19.7 Å². The van der Waals surface area contributed by atoms with Gasteiger partial charge in [-0.1, -0.05) is 13.8 Å². The van der Waals surface area contributed by atoms with E-state index in [1.54, 1.807) is 4.68 Å². The Morgan fingerprint density at radius 3 is 2.60 bits per heavy atom. The Labute approximate surface area is 124 Å². The standard InChI is InChI=1S/C13H21ClN2O3S/c1-3-11-13(20(14,17)18)12(4-2)16(15-11)9-10-7-5-6-8-19-10/h10H,3-9H2,1-2H3. The molecule has 0 radical (unpaired) electrons. The van der Waals surface area contributed by atoms with Gasteiger partial charge < -0.3 is 4.74 Å². The highest BCUT2D eigenvalue weighted by Gasteiger charge is 2.26. The fraction of sp³-hybridized carbons (Fsp3) is 0.769. The third kappa shape index (κ3) is 3.35. The van der Waals surface area contributed by atoms with Crippen molar-refractivity contribution in [1.29, 1.82) is 0 Å². The first-order valence-electron chi connectivity index (χ1n) is 7.12. The van der Waals surface area contributed by atoms with Gasteiger partial charge >= 0.3 is 0 Å². The maximum atomic E-state index is 11.8. The van der Waals surface area contributed by atoms with Crippen LogP contribution in [0.2, 0.25) is 0 Å². The summed E-state index contributed by atoms with van der Waals surface area (Å²) >= 11 is 0. The lowest BCUT2D eigenvalue weighted by Gasteiger charge is -2.23. The molecule has 0 aliphatic carbocycles. The molecule has 20 heavy (non-hydrogen) atoms. The van der Waals surface area contributed by atoms with Gasteiger partial charge in [0.05, 0.1) is 24.0 Å². The summed E-state index contributed by atoms with van der Waals surface area (Å²) in [6.07, 6.45) is 4.48. The molecule has 1 atom stereocenters. The molecular weight excluding hydrogens is 300 g/mol. The molecule has 7 heteroatoms. The van der Waals surface area contributed by atoms with Crippen molar-refractivity contribution in [1.82, 2.24) is 9.78 Å². The summed E-state index contributed by atoms with van der Waals surface area (Å²) in [5, 5.41) is 4.43. The normalized spacial score (nSPS) is 20.2. The van der Waals surface area contributed by atoms with Crippen LogP contribution in [0, 0.1) is 0 Å². The minimum atomic E-state index is -3.76. The summed E-state index contributed by atoms with van der Waals surface area (Å²) in [6.45, 7) is 5.17. The van der Waals surface area contributed by atoms with Gasteiger partial charge in [-0.3, -0.25) is 4.68 Å². The molecule has 1 aliphatic heterocycles. The van der Waals surface area contributed by atoms with Crippen molar-refractivity contribution < 1.29 is 13.2 Å². The van der Waals surface area contributed by atoms with Gasteiger partial charge in [0.2, 0.25) is 0 Å². The Hall–Kier alpha value is -0.590. The zero-order valence-electron chi connectivity index (χ0n) is 11.9. The zero-order valence-corrected chi connectivity index (χ0v) is 13.5. The number of hydrogen-bond acceptors (Lipinski definition) is 4. The number of hydrogen-bond donors (Lipinski definition) is 0. The van der Waals surface area contributed by atoms with E-state index in [9.17, 15) is 8.42 Å². The van der Waals surface area contributed by atoms with E-state index in [4.69, 9.17) is 15.4 Å². The van der Waals surface area contributed by atoms with Gasteiger partial charge in [-0.2, -0.15) is 5.10 Å². The number of aryl methyl sites for hydroxylation is 1.